The Hall–Kier alpha value is -1.14. The summed E-state index contributed by atoms with van der Waals surface area (Å²) in [6.07, 6.45) is 5.39. The van der Waals surface area contributed by atoms with Gasteiger partial charge in [-0.25, -0.2) is 0 Å². The van der Waals surface area contributed by atoms with Crippen molar-refractivity contribution in [2.24, 2.45) is 17.6 Å². The molecule has 0 radical (unpaired) electrons. The number of carbonyl (C=O) groups is 3. The number of imide groups is 1. The first-order valence-electron chi connectivity index (χ1n) is 7.96. The minimum atomic E-state index is -0.178. The van der Waals surface area contributed by atoms with Crippen molar-refractivity contribution in [1.82, 2.24) is 9.80 Å². The van der Waals surface area contributed by atoms with E-state index in [1.807, 2.05) is 0 Å². The third-order valence-corrected chi connectivity index (χ3v) is 5.04. The van der Waals surface area contributed by atoms with Gasteiger partial charge in [0, 0.05) is 19.1 Å². The van der Waals surface area contributed by atoms with Crippen LogP contribution in [0.15, 0.2) is 0 Å². The standard InChI is InChI=1S/C15H23N3O3.ClH/c16-10-4-3-7-17(8-10)13(19)9-18-14(20)11-5-1-2-6-12(11)15(18)21;/h10-12H,1-9,16H2;1H. The van der Waals surface area contributed by atoms with Gasteiger partial charge in [-0.05, 0) is 25.7 Å². The van der Waals surface area contributed by atoms with Crippen LogP contribution < -0.4 is 5.73 Å². The zero-order valence-corrected chi connectivity index (χ0v) is 13.5. The summed E-state index contributed by atoms with van der Waals surface area (Å²) < 4.78 is 0. The minimum Gasteiger partial charge on any atom is -0.340 e. The zero-order chi connectivity index (χ0) is 15.0. The Kier molecular flexibility index (Phi) is 5.45. The molecule has 3 unspecified atom stereocenters. The number of carbonyl (C=O) groups excluding carboxylic acids is 3. The first-order valence-corrected chi connectivity index (χ1v) is 7.96. The van der Waals surface area contributed by atoms with E-state index in [0.29, 0.717) is 13.1 Å². The molecule has 2 aliphatic heterocycles. The number of amides is 3. The largest absolute Gasteiger partial charge is 0.340 e. The van der Waals surface area contributed by atoms with E-state index in [-0.39, 0.29) is 54.6 Å². The molecule has 0 aromatic carbocycles. The second-order valence-corrected chi connectivity index (χ2v) is 6.50. The van der Waals surface area contributed by atoms with Crippen molar-refractivity contribution in [1.29, 1.82) is 0 Å². The van der Waals surface area contributed by atoms with Crippen LogP contribution in [0.25, 0.3) is 0 Å². The van der Waals surface area contributed by atoms with Crippen LogP contribution in [0.5, 0.6) is 0 Å². The van der Waals surface area contributed by atoms with E-state index in [0.717, 1.165) is 38.5 Å². The van der Waals surface area contributed by atoms with E-state index in [1.54, 1.807) is 4.90 Å². The number of fused-ring (bicyclic) bond motifs is 1. The van der Waals surface area contributed by atoms with Crippen molar-refractivity contribution < 1.29 is 14.4 Å². The summed E-state index contributed by atoms with van der Waals surface area (Å²) in [6, 6.07) is 0.00950. The van der Waals surface area contributed by atoms with Crippen LogP contribution in [-0.4, -0.2) is 53.2 Å². The molecule has 2 heterocycles. The number of hydrogen-bond donors (Lipinski definition) is 1. The first-order chi connectivity index (χ1) is 10.1. The minimum absolute atomic E-state index is 0. The van der Waals surface area contributed by atoms with Crippen molar-refractivity contribution in [3.05, 3.63) is 0 Å². The van der Waals surface area contributed by atoms with E-state index in [4.69, 9.17) is 5.73 Å². The molecule has 1 saturated carbocycles. The summed E-state index contributed by atoms with van der Waals surface area (Å²) >= 11 is 0. The molecule has 1 aliphatic carbocycles. The third-order valence-electron chi connectivity index (χ3n) is 5.04. The SMILES string of the molecule is Cl.NC1CCCN(C(=O)CN2C(=O)C3CCCCC3C2=O)C1. The fourth-order valence-electron chi connectivity index (χ4n) is 3.86. The van der Waals surface area contributed by atoms with Crippen LogP contribution in [0.1, 0.15) is 38.5 Å². The number of rotatable bonds is 2. The van der Waals surface area contributed by atoms with Crippen LogP contribution in [0, 0.1) is 11.8 Å². The summed E-state index contributed by atoms with van der Waals surface area (Å²) in [7, 11) is 0. The number of hydrogen-bond acceptors (Lipinski definition) is 4. The smallest absolute Gasteiger partial charge is 0.242 e. The van der Waals surface area contributed by atoms with E-state index >= 15 is 0 Å². The van der Waals surface area contributed by atoms with Gasteiger partial charge >= 0.3 is 0 Å². The Labute approximate surface area is 136 Å². The van der Waals surface area contributed by atoms with Crippen LogP contribution >= 0.6 is 12.4 Å². The number of piperidine rings is 1. The van der Waals surface area contributed by atoms with Crippen LogP contribution in [0.3, 0.4) is 0 Å². The Morgan fingerprint density at radius 3 is 2.18 bits per heavy atom. The van der Waals surface area contributed by atoms with Crippen molar-refractivity contribution >= 4 is 30.1 Å². The fourth-order valence-corrected chi connectivity index (χ4v) is 3.86. The highest BCUT2D eigenvalue weighted by atomic mass is 35.5. The molecule has 0 aromatic rings. The second kappa shape index (κ2) is 6.96. The number of likely N-dealkylation sites (tertiary alicyclic amines) is 2. The number of nitrogens with zero attached hydrogens (tertiary/aromatic N) is 2. The molecule has 3 amide bonds. The maximum absolute atomic E-state index is 12.3. The Balaban J connectivity index is 0.00000176. The molecule has 6 nitrogen and oxygen atoms in total. The van der Waals surface area contributed by atoms with Gasteiger partial charge in [0.15, 0.2) is 0 Å². The first kappa shape index (κ1) is 17.2. The van der Waals surface area contributed by atoms with Crippen molar-refractivity contribution in [2.75, 3.05) is 19.6 Å². The van der Waals surface area contributed by atoms with Gasteiger partial charge in [-0.15, -0.1) is 12.4 Å². The molecular weight excluding hydrogens is 306 g/mol. The lowest BCUT2D eigenvalue weighted by Crippen LogP contribution is -2.50. The highest BCUT2D eigenvalue weighted by Gasteiger charge is 2.48. The molecule has 7 heteroatoms. The van der Waals surface area contributed by atoms with E-state index in [1.165, 1.54) is 4.90 Å². The van der Waals surface area contributed by atoms with Crippen LogP contribution in [0.4, 0.5) is 0 Å². The maximum atomic E-state index is 12.3. The molecule has 124 valence electrons. The lowest BCUT2D eigenvalue weighted by atomic mass is 9.81. The average Bonchev–Trinajstić information content (AvgIpc) is 2.73. The highest BCUT2D eigenvalue weighted by molar-refractivity contribution is 6.07. The molecular formula is C15H24ClN3O3. The molecule has 22 heavy (non-hydrogen) atoms. The average molecular weight is 330 g/mol. The summed E-state index contributed by atoms with van der Waals surface area (Å²) in [5.74, 6) is -0.783. The molecule has 3 aliphatic rings. The van der Waals surface area contributed by atoms with Gasteiger partial charge in [-0.2, -0.15) is 0 Å². The second-order valence-electron chi connectivity index (χ2n) is 6.50. The van der Waals surface area contributed by atoms with Gasteiger partial charge in [0.05, 0.1) is 11.8 Å². The predicted octanol–water partition coefficient (Wildman–Crippen LogP) is 0.533. The Bertz CT molecular complexity index is 447. The van der Waals surface area contributed by atoms with Gasteiger partial charge in [-0.3, -0.25) is 19.3 Å². The summed E-state index contributed by atoms with van der Waals surface area (Å²) in [5.41, 5.74) is 5.88. The van der Waals surface area contributed by atoms with Crippen molar-refractivity contribution in [2.45, 2.75) is 44.6 Å². The predicted molar refractivity (Wildman–Crippen MR) is 83.2 cm³/mol. The van der Waals surface area contributed by atoms with Crippen LogP contribution in [-0.2, 0) is 14.4 Å². The normalized spacial score (nSPS) is 31.8. The van der Waals surface area contributed by atoms with Crippen molar-refractivity contribution in [3.8, 4) is 0 Å². The molecule has 2 N–H and O–H groups in total. The lowest BCUT2D eigenvalue weighted by molar-refractivity contribution is -0.147. The maximum Gasteiger partial charge on any atom is 0.242 e. The van der Waals surface area contributed by atoms with E-state index in [2.05, 4.69) is 0 Å². The van der Waals surface area contributed by atoms with Gasteiger partial charge in [0.1, 0.15) is 6.54 Å². The monoisotopic (exact) mass is 329 g/mol. The Morgan fingerprint density at radius 2 is 1.64 bits per heavy atom. The third kappa shape index (κ3) is 3.13. The number of halogens is 1. The fraction of sp³-hybridized carbons (Fsp3) is 0.800. The molecule has 0 spiro atoms. The molecule has 3 atom stereocenters. The lowest BCUT2D eigenvalue weighted by Gasteiger charge is -2.31. The van der Waals surface area contributed by atoms with Gasteiger partial charge < -0.3 is 10.6 Å². The molecule has 3 rings (SSSR count). The quantitative estimate of drug-likeness (QED) is 0.749. The van der Waals surface area contributed by atoms with E-state index < -0.39 is 0 Å². The summed E-state index contributed by atoms with van der Waals surface area (Å²) in [6.45, 7) is 1.11. The zero-order valence-electron chi connectivity index (χ0n) is 12.7. The molecule has 2 saturated heterocycles. The summed E-state index contributed by atoms with van der Waals surface area (Å²) in [5, 5.41) is 0. The van der Waals surface area contributed by atoms with Gasteiger partial charge in [0.2, 0.25) is 17.7 Å². The molecule has 0 aromatic heterocycles. The van der Waals surface area contributed by atoms with Gasteiger partial charge in [-0.1, -0.05) is 12.8 Å². The number of nitrogens with two attached hydrogens (primary N) is 1. The molecule has 3 fully saturated rings. The highest BCUT2D eigenvalue weighted by Crippen LogP contribution is 2.37. The Morgan fingerprint density at radius 1 is 1.05 bits per heavy atom. The summed E-state index contributed by atoms with van der Waals surface area (Å²) in [4.78, 5) is 39.9. The topological polar surface area (TPSA) is 83.7 Å². The van der Waals surface area contributed by atoms with Crippen LogP contribution in [0.2, 0.25) is 0 Å². The molecule has 0 bridgehead atoms. The van der Waals surface area contributed by atoms with E-state index in [9.17, 15) is 14.4 Å². The van der Waals surface area contributed by atoms with Crippen molar-refractivity contribution in [3.63, 3.8) is 0 Å². The van der Waals surface area contributed by atoms with Gasteiger partial charge in [0.25, 0.3) is 0 Å².